The van der Waals surface area contributed by atoms with E-state index in [-0.39, 0.29) is 5.78 Å². The fourth-order valence-corrected chi connectivity index (χ4v) is 2.22. The van der Waals surface area contributed by atoms with Crippen molar-refractivity contribution in [2.24, 2.45) is 0 Å². The Morgan fingerprint density at radius 1 is 0.947 bits per heavy atom. The second kappa shape index (κ2) is 5.83. The van der Waals surface area contributed by atoms with Crippen LogP contribution in [0.25, 0.3) is 0 Å². The van der Waals surface area contributed by atoms with E-state index in [2.05, 4.69) is 0 Å². The molecule has 0 radical (unpaired) electrons. The highest BCUT2D eigenvalue weighted by molar-refractivity contribution is 6.37. The molecule has 0 fully saturated rings. The molecule has 2 nitrogen and oxygen atoms in total. The van der Waals surface area contributed by atoms with Crippen molar-refractivity contribution in [1.29, 1.82) is 0 Å². The first-order valence-electron chi connectivity index (χ1n) is 5.36. The van der Waals surface area contributed by atoms with Crippen LogP contribution in [-0.2, 0) is 0 Å². The number of carbonyl (C=O) groups excluding carboxylic acids is 1. The van der Waals surface area contributed by atoms with Gasteiger partial charge in [-0.25, -0.2) is 0 Å². The number of halogens is 3. The Kier molecular flexibility index (Phi) is 4.35. The number of benzene rings is 2. The summed E-state index contributed by atoms with van der Waals surface area (Å²) in [6, 6.07) is 9.54. The van der Waals surface area contributed by atoms with E-state index in [1.807, 2.05) is 0 Å². The number of rotatable bonds is 3. The predicted molar refractivity (Wildman–Crippen MR) is 77.9 cm³/mol. The molecule has 0 amide bonds. The lowest BCUT2D eigenvalue weighted by Crippen LogP contribution is -2.05. The van der Waals surface area contributed by atoms with Crippen LogP contribution in [0.4, 0.5) is 0 Å². The molecule has 19 heavy (non-hydrogen) atoms. The summed E-state index contributed by atoms with van der Waals surface area (Å²) in [5.74, 6) is 0.150. The normalized spacial score (nSPS) is 10.3. The average molecular weight is 316 g/mol. The van der Waals surface area contributed by atoms with Crippen molar-refractivity contribution < 1.29 is 9.53 Å². The van der Waals surface area contributed by atoms with Crippen LogP contribution in [0.1, 0.15) is 15.9 Å². The van der Waals surface area contributed by atoms with E-state index in [1.54, 1.807) is 30.3 Å². The Bertz CT molecular complexity index is 639. The molecule has 0 unspecified atom stereocenters. The topological polar surface area (TPSA) is 26.3 Å². The molecule has 0 N–H and O–H groups in total. The van der Waals surface area contributed by atoms with Gasteiger partial charge in [-0.3, -0.25) is 4.79 Å². The van der Waals surface area contributed by atoms with E-state index in [0.717, 1.165) is 0 Å². The van der Waals surface area contributed by atoms with Crippen LogP contribution < -0.4 is 4.74 Å². The summed E-state index contributed by atoms with van der Waals surface area (Å²) in [6.45, 7) is 0. The maximum absolute atomic E-state index is 12.5. The zero-order valence-electron chi connectivity index (χ0n) is 9.91. The summed E-state index contributed by atoms with van der Waals surface area (Å²) in [4.78, 5) is 12.5. The Morgan fingerprint density at radius 3 is 2.16 bits per heavy atom. The second-order valence-corrected chi connectivity index (χ2v) is 5.08. The average Bonchev–Trinajstić information content (AvgIpc) is 2.40. The van der Waals surface area contributed by atoms with Gasteiger partial charge in [0, 0.05) is 15.6 Å². The lowest BCUT2D eigenvalue weighted by molar-refractivity contribution is 0.103. The van der Waals surface area contributed by atoms with Gasteiger partial charge in [-0.2, -0.15) is 0 Å². The molecule has 5 heteroatoms. The van der Waals surface area contributed by atoms with E-state index in [9.17, 15) is 4.79 Å². The Labute approximate surface area is 125 Å². The third kappa shape index (κ3) is 3.03. The first kappa shape index (κ1) is 14.2. The van der Waals surface area contributed by atoms with Crippen molar-refractivity contribution in [3.8, 4) is 5.75 Å². The highest BCUT2D eigenvalue weighted by atomic mass is 35.5. The molecule has 0 aliphatic carbocycles. The molecule has 0 heterocycles. The summed E-state index contributed by atoms with van der Waals surface area (Å²) in [6.07, 6.45) is 0. The zero-order chi connectivity index (χ0) is 14.0. The van der Waals surface area contributed by atoms with Crippen molar-refractivity contribution in [2.45, 2.75) is 0 Å². The first-order valence-corrected chi connectivity index (χ1v) is 6.49. The van der Waals surface area contributed by atoms with E-state index in [0.29, 0.717) is 31.9 Å². The summed E-state index contributed by atoms with van der Waals surface area (Å²) in [7, 11) is 1.49. The van der Waals surface area contributed by atoms with Crippen LogP contribution in [0.15, 0.2) is 36.4 Å². The van der Waals surface area contributed by atoms with Crippen LogP contribution in [0, 0.1) is 0 Å². The fraction of sp³-hybridized carbons (Fsp3) is 0.0714. The van der Waals surface area contributed by atoms with Crippen LogP contribution in [0.2, 0.25) is 15.1 Å². The number of ketones is 1. The minimum atomic E-state index is -0.285. The van der Waals surface area contributed by atoms with Crippen molar-refractivity contribution in [3.05, 3.63) is 62.6 Å². The Morgan fingerprint density at radius 2 is 1.53 bits per heavy atom. The molecule has 0 spiro atoms. The van der Waals surface area contributed by atoms with Crippen molar-refractivity contribution >= 4 is 40.6 Å². The molecule has 0 atom stereocenters. The van der Waals surface area contributed by atoms with E-state index < -0.39 is 0 Å². The van der Waals surface area contributed by atoms with Crippen LogP contribution in [0.3, 0.4) is 0 Å². The van der Waals surface area contributed by atoms with Gasteiger partial charge in [0.25, 0.3) is 0 Å². The number of carbonyl (C=O) groups is 1. The smallest absolute Gasteiger partial charge is 0.198 e. The monoisotopic (exact) mass is 314 g/mol. The Hall–Kier alpha value is -1.22. The van der Waals surface area contributed by atoms with Gasteiger partial charge in [-0.1, -0.05) is 34.8 Å². The van der Waals surface area contributed by atoms with E-state index >= 15 is 0 Å². The van der Waals surface area contributed by atoms with Gasteiger partial charge in [0.2, 0.25) is 0 Å². The Balaban J connectivity index is 2.55. The van der Waals surface area contributed by atoms with Crippen LogP contribution in [-0.4, -0.2) is 12.9 Å². The maximum atomic E-state index is 12.5. The largest absolute Gasteiger partial charge is 0.496 e. The van der Waals surface area contributed by atoms with Gasteiger partial charge in [0.15, 0.2) is 5.78 Å². The lowest BCUT2D eigenvalue weighted by Gasteiger charge is -2.09. The van der Waals surface area contributed by atoms with Gasteiger partial charge in [-0.05, 0) is 36.4 Å². The SMILES string of the molecule is COc1ccc(Cl)cc1C(=O)c1cc(Cl)ccc1Cl. The molecule has 0 bridgehead atoms. The number of hydrogen-bond donors (Lipinski definition) is 0. The van der Waals surface area contributed by atoms with Crippen LogP contribution >= 0.6 is 34.8 Å². The zero-order valence-corrected chi connectivity index (χ0v) is 12.2. The fourth-order valence-electron chi connectivity index (χ4n) is 1.67. The second-order valence-electron chi connectivity index (χ2n) is 3.80. The third-order valence-corrected chi connectivity index (χ3v) is 3.38. The van der Waals surface area contributed by atoms with Crippen molar-refractivity contribution in [1.82, 2.24) is 0 Å². The molecule has 98 valence electrons. The number of ether oxygens (including phenoxy) is 1. The highest BCUT2D eigenvalue weighted by Gasteiger charge is 2.18. The van der Waals surface area contributed by atoms with Gasteiger partial charge >= 0.3 is 0 Å². The highest BCUT2D eigenvalue weighted by Crippen LogP contribution is 2.29. The first-order chi connectivity index (χ1) is 9.02. The number of hydrogen-bond acceptors (Lipinski definition) is 2. The molecule has 0 saturated heterocycles. The van der Waals surface area contributed by atoms with Crippen molar-refractivity contribution in [2.75, 3.05) is 7.11 Å². The summed E-state index contributed by atoms with van der Waals surface area (Å²) < 4.78 is 5.16. The molecule has 0 aliphatic heterocycles. The molecule has 2 aromatic carbocycles. The summed E-state index contributed by atoms with van der Waals surface area (Å²) >= 11 is 17.8. The summed E-state index contributed by atoms with van der Waals surface area (Å²) in [5, 5.41) is 1.22. The minimum absolute atomic E-state index is 0.285. The quantitative estimate of drug-likeness (QED) is 0.754. The predicted octanol–water partition coefficient (Wildman–Crippen LogP) is 4.89. The standard InChI is InChI=1S/C14H9Cl3O2/c1-19-13-5-3-9(16)7-11(13)14(18)10-6-8(15)2-4-12(10)17/h2-7H,1H3. The molecular weight excluding hydrogens is 307 g/mol. The molecule has 0 saturated carbocycles. The molecule has 2 rings (SSSR count). The molecule has 0 aliphatic rings. The molecule has 2 aromatic rings. The van der Waals surface area contributed by atoms with E-state index in [1.165, 1.54) is 13.2 Å². The van der Waals surface area contributed by atoms with E-state index in [4.69, 9.17) is 39.5 Å². The van der Waals surface area contributed by atoms with Gasteiger partial charge < -0.3 is 4.74 Å². The minimum Gasteiger partial charge on any atom is -0.496 e. The number of methoxy groups -OCH3 is 1. The molecular formula is C14H9Cl3O2. The van der Waals surface area contributed by atoms with Gasteiger partial charge in [0.1, 0.15) is 5.75 Å². The van der Waals surface area contributed by atoms with Gasteiger partial charge in [0.05, 0.1) is 17.7 Å². The van der Waals surface area contributed by atoms with Crippen LogP contribution in [0.5, 0.6) is 5.75 Å². The lowest BCUT2D eigenvalue weighted by atomic mass is 10.0. The van der Waals surface area contributed by atoms with Gasteiger partial charge in [-0.15, -0.1) is 0 Å². The molecule has 0 aromatic heterocycles. The summed E-state index contributed by atoms with van der Waals surface area (Å²) in [5.41, 5.74) is 0.661. The van der Waals surface area contributed by atoms with Crippen molar-refractivity contribution in [3.63, 3.8) is 0 Å². The third-order valence-electron chi connectivity index (χ3n) is 2.58. The maximum Gasteiger partial charge on any atom is 0.198 e.